The highest BCUT2D eigenvalue weighted by atomic mass is 16.6. The van der Waals surface area contributed by atoms with Crippen molar-refractivity contribution in [1.82, 2.24) is 5.32 Å². The van der Waals surface area contributed by atoms with Crippen LogP contribution in [0.1, 0.15) is 19.4 Å². The Morgan fingerprint density at radius 1 is 1.47 bits per heavy atom. The highest BCUT2D eigenvalue weighted by Crippen LogP contribution is 2.22. The molecule has 0 fully saturated rings. The Morgan fingerprint density at radius 2 is 2.11 bits per heavy atom. The Hall–Kier alpha value is -2.46. The highest BCUT2D eigenvalue weighted by Gasteiger charge is 2.26. The molecular weight excluding hydrogens is 248 g/mol. The number of non-ortho nitro benzene ring substituents is 1. The Balaban J connectivity index is 3.07. The number of hydrogen-bond donors (Lipinski definition) is 2. The average molecular weight is 262 g/mol. The quantitative estimate of drug-likeness (QED) is 0.629. The van der Waals surface area contributed by atoms with E-state index in [4.69, 9.17) is 5.26 Å². The molecule has 0 heterocycles. The molecule has 1 aromatic rings. The number of nitro benzene ring substituents is 1. The minimum absolute atomic E-state index is 0.0504. The Morgan fingerprint density at radius 3 is 2.58 bits per heavy atom. The van der Waals surface area contributed by atoms with Gasteiger partial charge in [0.1, 0.15) is 6.07 Å². The molecule has 0 spiro atoms. The molecule has 1 amide bonds. The van der Waals surface area contributed by atoms with Gasteiger partial charge < -0.3 is 10.6 Å². The number of amides is 1. The molecule has 100 valence electrons. The Kier molecular flexibility index (Phi) is 4.19. The van der Waals surface area contributed by atoms with E-state index in [0.717, 1.165) is 6.07 Å². The molecular formula is C12H14N4O3. The fourth-order valence-electron chi connectivity index (χ4n) is 1.24. The van der Waals surface area contributed by atoms with E-state index in [1.165, 1.54) is 12.1 Å². The number of nitro groups is 1. The van der Waals surface area contributed by atoms with E-state index in [1.54, 1.807) is 20.9 Å². The SMILES string of the molecule is CNC(C)(C)C(=O)Nc1ccc([N+](=O)[O-])cc1C#N. The lowest BCUT2D eigenvalue weighted by molar-refractivity contribution is -0.384. The summed E-state index contributed by atoms with van der Waals surface area (Å²) in [5.74, 6) is -0.333. The molecule has 0 unspecified atom stereocenters. The van der Waals surface area contributed by atoms with Crippen LogP contribution in [0.15, 0.2) is 18.2 Å². The van der Waals surface area contributed by atoms with E-state index >= 15 is 0 Å². The second-order valence-corrected chi connectivity index (χ2v) is 4.43. The molecule has 0 bridgehead atoms. The van der Waals surface area contributed by atoms with Gasteiger partial charge in [-0.1, -0.05) is 0 Å². The summed E-state index contributed by atoms with van der Waals surface area (Å²) in [5, 5.41) is 25.0. The van der Waals surface area contributed by atoms with Gasteiger partial charge in [-0.15, -0.1) is 0 Å². The molecule has 0 saturated carbocycles. The summed E-state index contributed by atoms with van der Waals surface area (Å²) in [5.41, 5.74) is -0.701. The van der Waals surface area contributed by atoms with Gasteiger partial charge in [0.05, 0.1) is 21.7 Å². The molecule has 0 aliphatic carbocycles. The number of carbonyl (C=O) groups is 1. The number of anilines is 1. The van der Waals surface area contributed by atoms with E-state index in [2.05, 4.69) is 10.6 Å². The summed E-state index contributed by atoms with van der Waals surface area (Å²) in [6.45, 7) is 3.36. The van der Waals surface area contributed by atoms with Gasteiger partial charge in [-0.3, -0.25) is 14.9 Å². The van der Waals surface area contributed by atoms with Gasteiger partial charge in [0.15, 0.2) is 0 Å². The van der Waals surface area contributed by atoms with Crippen molar-refractivity contribution in [1.29, 1.82) is 5.26 Å². The molecule has 19 heavy (non-hydrogen) atoms. The molecule has 0 atom stereocenters. The van der Waals surface area contributed by atoms with Crippen molar-refractivity contribution in [2.24, 2.45) is 0 Å². The third-order valence-electron chi connectivity index (χ3n) is 2.78. The van der Waals surface area contributed by atoms with Gasteiger partial charge in [0.2, 0.25) is 5.91 Å². The molecule has 7 heteroatoms. The predicted octanol–water partition coefficient (Wildman–Crippen LogP) is 1.40. The maximum absolute atomic E-state index is 11.9. The molecule has 0 aliphatic heterocycles. The maximum atomic E-state index is 11.9. The van der Waals surface area contributed by atoms with Crippen molar-refractivity contribution in [2.45, 2.75) is 19.4 Å². The van der Waals surface area contributed by atoms with E-state index in [1.807, 2.05) is 6.07 Å². The summed E-state index contributed by atoms with van der Waals surface area (Å²) >= 11 is 0. The number of nitriles is 1. The maximum Gasteiger partial charge on any atom is 0.270 e. The first-order valence-corrected chi connectivity index (χ1v) is 5.50. The first kappa shape index (κ1) is 14.6. The van der Waals surface area contributed by atoms with Crippen LogP contribution in [-0.4, -0.2) is 23.4 Å². The Labute approximate surface area is 110 Å². The van der Waals surface area contributed by atoms with E-state index in [-0.39, 0.29) is 22.8 Å². The van der Waals surface area contributed by atoms with Crippen LogP contribution in [0.2, 0.25) is 0 Å². The number of nitrogens with one attached hydrogen (secondary N) is 2. The molecule has 7 nitrogen and oxygen atoms in total. The van der Waals surface area contributed by atoms with Crippen LogP contribution >= 0.6 is 0 Å². The lowest BCUT2D eigenvalue weighted by atomic mass is 10.0. The van der Waals surface area contributed by atoms with Crippen LogP contribution in [0.4, 0.5) is 11.4 Å². The summed E-state index contributed by atoms with van der Waals surface area (Å²) in [4.78, 5) is 21.9. The molecule has 0 saturated heterocycles. The number of carbonyl (C=O) groups excluding carboxylic acids is 1. The number of nitrogens with zero attached hydrogens (tertiary/aromatic N) is 2. The van der Waals surface area contributed by atoms with Crippen LogP contribution in [0.5, 0.6) is 0 Å². The first-order chi connectivity index (χ1) is 8.81. The van der Waals surface area contributed by atoms with Gasteiger partial charge in [-0.05, 0) is 27.0 Å². The summed E-state index contributed by atoms with van der Waals surface area (Å²) in [6.07, 6.45) is 0. The molecule has 0 radical (unpaired) electrons. The zero-order valence-electron chi connectivity index (χ0n) is 10.9. The van der Waals surface area contributed by atoms with Gasteiger partial charge >= 0.3 is 0 Å². The molecule has 1 rings (SSSR count). The van der Waals surface area contributed by atoms with E-state index in [0.29, 0.717) is 0 Å². The normalized spacial score (nSPS) is 10.6. The molecule has 0 aliphatic rings. The zero-order valence-corrected chi connectivity index (χ0v) is 10.9. The monoisotopic (exact) mass is 262 g/mol. The number of rotatable bonds is 4. The van der Waals surface area contributed by atoms with Gasteiger partial charge in [0.25, 0.3) is 5.69 Å². The third-order valence-corrected chi connectivity index (χ3v) is 2.78. The first-order valence-electron chi connectivity index (χ1n) is 5.50. The van der Waals surface area contributed by atoms with Crippen LogP contribution < -0.4 is 10.6 Å². The van der Waals surface area contributed by atoms with Crippen molar-refractivity contribution in [2.75, 3.05) is 12.4 Å². The largest absolute Gasteiger partial charge is 0.323 e. The van der Waals surface area contributed by atoms with Crippen LogP contribution in [-0.2, 0) is 4.79 Å². The fraction of sp³-hybridized carbons (Fsp3) is 0.333. The van der Waals surface area contributed by atoms with Crippen molar-refractivity contribution >= 4 is 17.3 Å². The summed E-state index contributed by atoms with van der Waals surface area (Å²) in [6, 6.07) is 5.54. The minimum Gasteiger partial charge on any atom is -0.323 e. The van der Waals surface area contributed by atoms with Crippen LogP contribution in [0, 0.1) is 21.4 Å². The van der Waals surface area contributed by atoms with E-state index < -0.39 is 10.5 Å². The van der Waals surface area contributed by atoms with E-state index in [9.17, 15) is 14.9 Å². The van der Waals surface area contributed by atoms with Gasteiger partial charge in [-0.25, -0.2) is 0 Å². The second-order valence-electron chi connectivity index (χ2n) is 4.43. The van der Waals surface area contributed by atoms with Crippen molar-refractivity contribution in [3.05, 3.63) is 33.9 Å². The Bertz CT molecular complexity index is 561. The van der Waals surface area contributed by atoms with Crippen molar-refractivity contribution < 1.29 is 9.72 Å². The fourth-order valence-corrected chi connectivity index (χ4v) is 1.24. The smallest absolute Gasteiger partial charge is 0.270 e. The molecule has 1 aromatic carbocycles. The number of benzene rings is 1. The lowest BCUT2D eigenvalue weighted by Crippen LogP contribution is -2.48. The van der Waals surface area contributed by atoms with Gasteiger partial charge in [0, 0.05) is 12.1 Å². The topological polar surface area (TPSA) is 108 Å². The van der Waals surface area contributed by atoms with Crippen molar-refractivity contribution in [3.63, 3.8) is 0 Å². The summed E-state index contributed by atoms with van der Waals surface area (Å²) in [7, 11) is 1.64. The summed E-state index contributed by atoms with van der Waals surface area (Å²) < 4.78 is 0. The van der Waals surface area contributed by atoms with Gasteiger partial charge in [-0.2, -0.15) is 5.26 Å². The molecule has 2 N–H and O–H groups in total. The van der Waals surface area contributed by atoms with Crippen LogP contribution in [0.25, 0.3) is 0 Å². The second kappa shape index (κ2) is 5.46. The third kappa shape index (κ3) is 3.26. The highest BCUT2D eigenvalue weighted by molar-refractivity contribution is 5.98. The van der Waals surface area contributed by atoms with Crippen LogP contribution in [0.3, 0.4) is 0 Å². The van der Waals surface area contributed by atoms with Crippen molar-refractivity contribution in [3.8, 4) is 6.07 Å². The number of likely N-dealkylation sites (N-methyl/N-ethyl adjacent to an activating group) is 1. The minimum atomic E-state index is -0.811. The lowest BCUT2D eigenvalue weighted by Gasteiger charge is -2.22. The average Bonchev–Trinajstić information content (AvgIpc) is 2.38. The predicted molar refractivity (Wildman–Crippen MR) is 69.6 cm³/mol. The number of hydrogen-bond acceptors (Lipinski definition) is 5. The molecule has 0 aromatic heterocycles. The zero-order chi connectivity index (χ0) is 14.6. The standard InChI is InChI=1S/C12H14N4O3/c1-12(2,14-3)11(17)15-10-5-4-9(16(18)19)6-8(10)7-13/h4-6,14H,1-3H3,(H,15,17).